The molecule has 0 saturated heterocycles. The number of aromatic nitrogens is 3. The van der Waals surface area contributed by atoms with Crippen molar-refractivity contribution in [2.45, 2.75) is 24.1 Å². The summed E-state index contributed by atoms with van der Waals surface area (Å²) in [7, 11) is 0. The first kappa shape index (κ1) is 18.2. The van der Waals surface area contributed by atoms with Gasteiger partial charge in [0.15, 0.2) is 5.82 Å². The summed E-state index contributed by atoms with van der Waals surface area (Å²) in [5.74, 6) is 0.880. The molecular formula is C21H18N4O2S. The number of amides is 1. The number of anilines is 1. The van der Waals surface area contributed by atoms with Crippen LogP contribution in [0.2, 0.25) is 0 Å². The van der Waals surface area contributed by atoms with Gasteiger partial charge < -0.3 is 9.84 Å². The monoisotopic (exact) mass is 390 g/mol. The highest BCUT2D eigenvalue weighted by Crippen LogP contribution is 2.33. The molecular weight excluding hydrogens is 372 g/mol. The number of benzene rings is 2. The van der Waals surface area contributed by atoms with Crippen LogP contribution >= 0.6 is 11.8 Å². The van der Waals surface area contributed by atoms with Gasteiger partial charge in [-0.1, -0.05) is 71.5 Å². The molecule has 1 amide bonds. The van der Waals surface area contributed by atoms with Crippen molar-refractivity contribution in [2.24, 2.45) is 0 Å². The predicted molar refractivity (Wildman–Crippen MR) is 110 cm³/mol. The van der Waals surface area contributed by atoms with Crippen molar-refractivity contribution in [1.29, 1.82) is 0 Å². The lowest BCUT2D eigenvalue weighted by atomic mass is 10.1. The summed E-state index contributed by atoms with van der Waals surface area (Å²) in [4.78, 5) is 12.5. The number of nitrogens with one attached hydrogen (secondary N) is 1. The minimum atomic E-state index is -0.378. The van der Waals surface area contributed by atoms with Crippen LogP contribution in [0.3, 0.4) is 0 Å². The van der Waals surface area contributed by atoms with Crippen LogP contribution in [0.5, 0.6) is 0 Å². The number of fused-ring (bicyclic) bond motifs is 1. The van der Waals surface area contributed by atoms with E-state index in [4.69, 9.17) is 4.52 Å². The molecule has 2 heterocycles. The summed E-state index contributed by atoms with van der Waals surface area (Å²) in [6.45, 7) is 3.60. The maximum atomic E-state index is 12.5. The predicted octanol–water partition coefficient (Wildman–Crippen LogP) is 4.71. The number of hydrogen-bond donors (Lipinski definition) is 1. The first-order valence-corrected chi connectivity index (χ1v) is 9.71. The molecule has 1 atom stereocenters. The van der Waals surface area contributed by atoms with Gasteiger partial charge in [-0.25, -0.2) is 0 Å². The molecule has 1 unspecified atom stereocenters. The summed E-state index contributed by atoms with van der Waals surface area (Å²) < 4.78 is 4.98. The Balaban J connectivity index is 1.61. The fourth-order valence-corrected chi connectivity index (χ4v) is 3.74. The van der Waals surface area contributed by atoms with Crippen LogP contribution < -0.4 is 5.32 Å². The van der Waals surface area contributed by atoms with Gasteiger partial charge in [-0.3, -0.25) is 4.79 Å². The van der Waals surface area contributed by atoms with Crippen LogP contribution in [0.25, 0.3) is 22.0 Å². The van der Waals surface area contributed by atoms with E-state index in [1.54, 1.807) is 13.0 Å². The highest BCUT2D eigenvalue weighted by atomic mass is 32.2. The molecule has 28 heavy (non-hydrogen) atoms. The van der Waals surface area contributed by atoms with Crippen molar-refractivity contribution in [3.63, 3.8) is 0 Å². The Labute approximate surface area is 166 Å². The third-order valence-corrected chi connectivity index (χ3v) is 5.33. The van der Waals surface area contributed by atoms with Gasteiger partial charge in [-0.15, -0.1) is 10.2 Å². The van der Waals surface area contributed by atoms with Gasteiger partial charge >= 0.3 is 0 Å². The van der Waals surface area contributed by atoms with Crippen LogP contribution in [-0.4, -0.2) is 26.5 Å². The van der Waals surface area contributed by atoms with Gasteiger partial charge in [-0.2, -0.15) is 0 Å². The smallest absolute Gasteiger partial charge is 0.238 e. The molecule has 4 aromatic rings. The van der Waals surface area contributed by atoms with Gasteiger partial charge in [0.05, 0.1) is 5.25 Å². The molecule has 0 aliphatic carbocycles. The number of carbonyl (C=O) groups excluding carboxylic acids is 1. The molecule has 0 radical (unpaired) electrons. The van der Waals surface area contributed by atoms with Crippen molar-refractivity contribution >= 4 is 34.3 Å². The fraction of sp³-hybridized carbons (Fsp3) is 0.143. The average molecular weight is 390 g/mol. The van der Waals surface area contributed by atoms with Crippen molar-refractivity contribution in [1.82, 2.24) is 15.4 Å². The standard InChI is InChI=1S/C21H18N4O2S/c1-13-12-18(25-27-13)22-20(26)14(2)28-21-17-11-7-6-10-16(17)19(23-24-21)15-8-4-3-5-9-15/h3-12,14H,1-2H3,(H,22,25,26). The molecule has 7 heteroatoms. The number of thioether (sulfide) groups is 1. The molecule has 140 valence electrons. The lowest BCUT2D eigenvalue weighted by Gasteiger charge is -2.12. The van der Waals surface area contributed by atoms with E-state index in [1.807, 2.05) is 61.5 Å². The second-order valence-electron chi connectivity index (χ2n) is 6.34. The van der Waals surface area contributed by atoms with Crippen molar-refractivity contribution in [2.75, 3.05) is 5.32 Å². The summed E-state index contributed by atoms with van der Waals surface area (Å²) in [5.41, 5.74) is 1.84. The van der Waals surface area contributed by atoms with E-state index >= 15 is 0 Å². The highest BCUT2D eigenvalue weighted by Gasteiger charge is 2.19. The average Bonchev–Trinajstić information content (AvgIpc) is 3.13. The lowest BCUT2D eigenvalue weighted by Crippen LogP contribution is -2.22. The minimum absolute atomic E-state index is 0.170. The van der Waals surface area contributed by atoms with Crippen LogP contribution in [0.15, 0.2) is 70.2 Å². The molecule has 0 fully saturated rings. The van der Waals surface area contributed by atoms with Crippen molar-refractivity contribution in [3.05, 3.63) is 66.4 Å². The van der Waals surface area contributed by atoms with Crippen LogP contribution in [-0.2, 0) is 4.79 Å². The molecule has 0 bridgehead atoms. The zero-order chi connectivity index (χ0) is 19.5. The number of carbonyl (C=O) groups is 1. The second kappa shape index (κ2) is 7.82. The van der Waals surface area contributed by atoms with Gasteiger partial charge in [0, 0.05) is 22.4 Å². The largest absolute Gasteiger partial charge is 0.360 e. The van der Waals surface area contributed by atoms with Crippen LogP contribution in [0.1, 0.15) is 12.7 Å². The summed E-state index contributed by atoms with van der Waals surface area (Å²) in [5, 5.41) is 17.7. The Bertz CT molecular complexity index is 1130. The maximum Gasteiger partial charge on any atom is 0.238 e. The van der Waals surface area contributed by atoms with Gasteiger partial charge in [0.1, 0.15) is 16.5 Å². The Morgan fingerprint density at radius 2 is 1.75 bits per heavy atom. The number of aryl methyl sites for hydroxylation is 1. The summed E-state index contributed by atoms with van der Waals surface area (Å²) in [6.07, 6.45) is 0. The zero-order valence-corrected chi connectivity index (χ0v) is 16.2. The van der Waals surface area contributed by atoms with Crippen molar-refractivity contribution < 1.29 is 9.32 Å². The third-order valence-electron chi connectivity index (χ3n) is 4.24. The van der Waals surface area contributed by atoms with E-state index in [0.29, 0.717) is 16.6 Å². The molecule has 0 saturated carbocycles. The normalized spacial score (nSPS) is 12.1. The van der Waals surface area contributed by atoms with Crippen LogP contribution in [0.4, 0.5) is 5.82 Å². The maximum absolute atomic E-state index is 12.5. The van der Waals surface area contributed by atoms with Crippen molar-refractivity contribution in [3.8, 4) is 11.3 Å². The lowest BCUT2D eigenvalue weighted by molar-refractivity contribution is -0.115. The number of rotatable bonds is 5. The fourth-order valence-electron chi connectivity index (χ4n) is 2.85. The molecule has 0 aliphatic heterocycles. The van der Waals surface area contributed by atoms with E-state index in [9.17, 15) is 4.79 Å². The van der Waals surface area contributed by atoms with Crippen LogP contribution in [0, 0.1) is 6.92 Å². The molecule has 2 aromatic carbocycles. The zero-order valence-electron chi connectivity index (χ0n) is 15.4. The Morgan fingerprint density at radius 1 is 1.04 bits per heavy atom. The first-order valence-electron chi connectivity index (χ1n) is 8.83. The first-order chi connectivity index (χ1) is 13.6. The van der Waals surface area contributed by atoms with E-state index in [0.717, 1.165) is 22.0 Å². The molecule has 0 spiro atoms. The minimum Gasteiger partial charge on any atom is -0.360 e. The number of nitrogens with zero attached hydrogens (tertiary/aromatic N) is 3. The van der Waals surface area contributed by atoms with E-state index in [1.165, 1.54) is 11.8 Å². The molecule has 2 aromatic heterocycles. The third kappa shape index (κ3) is 3.75. The van der Waals surface area contributed by atoms with Gasteiger partial charge in [0.25, 0.3) is 0 Å². The Hall–Kier alpha value is -3.19. The Morgan fingerprint density at radius 3 is 2.46 bits per heavy atom. The number of hydrogen-bond acceptors (Lipinski definition) is 6. The molecule has 4 rings (SSSR count). The van der Waals surface area contributed by atoms with E-state index in [2.05, 4.69) is 20.7 Å². The second-order valence-corrected chi connectivity index (χ2v) is 7.67. The molecule has 0 aliphatic rings. The summed E-state index contributed by atoms with van der Waals surface area (Å²) >= 11 is 1.37. The highest BCUT2D eigenvalue weighted by molar-refractivity contribution is 8.00. The van der Waals surface area contributed by atoms with E-state index in [-0.39, 0.29) is 11.2 Å². The Kier molecular flexibility index (Phi) is 5.08. The van der Waals surface area contributed by atoms with E-state index < -0.39 is 0 Å². The molecule has 6 nitrogen and oxygen atoms in total. The quantitative estimate of drug-likeness (QED) is 0.497. The summed E-state index contributed by atoms with van der Waals surface area (Å²) in [6, 6.07) is 19.6. The SMILES string of the molecule is Cc1cc(NC(=O)C(C)Sc2nnc(-c3ccccc3)c3ccccc23)no1. The van der Waals surface area contributed by atoms with Gasteiger partial charge in [0.2, 0.25) is 5.91 Å². The molecule has 1 N–H and O–H groups in total. The topological polar surface area (TPSA) is 80.9 Å². The van der Waals surface area contributed by atoms with Gasteiger partial charge in [-0.05, 0) is 13.8 Å².